The summed E-state index contributed by atoms with van der Waals surface area (Å²) in [6.07, 6.45) is 8.02. The molecule has 0 amide bonds. The minimum absolute atomic E-state index is 0.510. The second-order valence-electron chi connectivity index (χ2n) is 3.90. The van der Waals surface area contributed by atoms with Crippen LogP contribution in [0.1, 0.15) is 38.5 Å². The van der Waals surface area contributed by atoms with E-state index in [4.69, 9.17) is 0 Å². The standard InChI is InChI=1S/C9H17N3/c1-12-9-7-5-3-2-4-6-8(9)10-11-12/h8-9H,2-7H2,1H3. The third kappa shape index (κ3) is 1.45. The molecule has 0 aromatic heterocycles. The topological polar surface area (TPSA) is 28.0 Å². The Morgan fingerprint density at radius 2 is 1.83 bits per heavy atom. The summed E-state index contributed by atoms with van der Waals surface area (Å²) in [5.41, 5.74) is 0. The summed E-state index contributed by atoms with van der Waals surface area (Å²) in [6.45, 7) is 0. The molecule has 0 N–H and O–H groups in total. The van der Waals surface area contributed by atoms with E-state index in [1.807, 2.05) is 0 Å². The van der Waals surface area contributed by atoms with Crippen LogP contribution in [0, 0.1) is 0 Å². The number of nitrogens with zero attached hydrogens (tertiary/aromatic N) is 3. The first-order valence-electron chi connectivity index (χ1n) is 5.01. The molecule has 2 atom stereocenters. The summed E-state index contributed by atoms with van der Waals surface area (Å²) in [7, 11) is 2.05. The monoisotopic (exact) mass is 167 g/mol. The van der Waals surface area contributed by atoms with Gasteiger partial charge in [0.05, 0.1) is 12.1 Å². The molecule has 3 heteroatoms. The van der Waals surface area contributed by atoms with Crippen LogP contribution in [0.5, 0.6) is 0 Å². The smallest absolute Gasteiger partial charge is 0.0949 e. The van der Waals surface area contributed by atoms with Gasteiger partial charge in [0, 0.05) is 7.05 Å². The third-order valence-electron chi connectivity index (χ3n) is 3.01. The summed E-state index contributed by atoms with van der Waals surface area (Å²) >= 11 is 0. The number of fused-ring (bicyclic) bond motifs is 1. The highest BCUT2D eigenvalue weighted by molar-refractivity contribution is 4.85. The molecule has 0 saturated heterocycles. The van der Waals surface area contributed by atoms with Gasteiger partial charge in [0.2, 0.25) is 0 Å². The number of rotatable bonds is 0. The Bertz CT molecular complexity index is 179. The van der Waals surface area contributed by atoms with E-state index < -0.39 is 0 Å². The summed E-state index contributed by atoms with van der Waals surface area (Å²) < 4.78 is 0. The van der Waals surface area contributed by atoms with E-state index >= 15 is 0 Å². The molecule has 0 spiro atoms. The molecule has 68 valence electrons. The maximum atomic E-state index is 4.29. The van der Waals surface area contributed by atoms with Gasteiger partial charge in [0.25, 0.3) is 0 Å². The maximum absolute atomic E-state index is 4.29. The van der Waals surface area contributed by atoms with Crippen LogP contribution < -0.4 is 0 Å². The summed E-state index contributed by atoms with van der Waals surface area (Å²) in [5.74, 6) is 0. The first-order chi connectivity index (χ1) is 5.88. The van der Waals surface area contributed by atoms with Crippen molar-refractivity contribution in [1.29, 1.82) is 0 Å². The quantitative estimate of drug-likeness (QED) is 0.544. The molecule has 0 aromatic carbocycles. The molecule has 2 rings (SSSR count). The fourth-order valence-corrected chi connectivity index (χ4v) is 2.23. The van der Waals surface area contributed by atoms with Crippen molar-refractivity contribution < 1.29 is 0 Å². The van der Waals surface area contributed by atoms with Gasteiger partial charge in [-0.15, -0.1) is 0 Å². The Kier molecular flexibility index (Phi) is 2.28. The highest BCUT2D eigenvalue weighted by Crippen LogP contribution is 2.27. The van der Waals surface area contributed by atoms with Gasteiger partial charge in [0.1, 0.15) is 0 Å². The maximum Gasteiger partial charge on any atom is 0.0949 e. The van der Waals surface area contributed by atoms with Gasteiger partial charge in [-0.1, -0.05) is 30.9 Å². The zero-order valence-corrected chi connectivity index (χ0v) is 7.74. The van der Waals surface area contributed by atoms with E-state index in [2.05, 4.69) is 22.4 Å². The minimum atomic E-state index is 0.510. The Morgan fingerprint density at radius 1 is 1.08 bits per heavy atom. The van der Waals surface area contributed by atoms with Crippen LogP contribution in [0.4, 0.5) is 0 Å². The van der Waals surface area contributed by atoms with E-state index in [1.165, 1.54) is 38.5 Å². The molecule has 3 nitrogen and oxygen atoms in total. The number of likely N-dealkylation sites (N-methyl/N-ethyl adjacent to an activating group) is 1. The predicted molar refractivity (Wildman–Crippen MR) is 47.9 cm³/mol. The van der Waals surface area contributed by atoms with Crippen molar-refractivity contribution in [1.82, 2.24) is 5.01 Å². The summed E-state index contributed by atoms with van der Waals surface area (Å²) in [4.78, 5) is 0. The minimum Gasteiger partial charge on any atom is -0.277 e. The summed E-state index contributed by atoms with van der Waals surface area (Å²) in [5, 5.41) is 10.5. The lowest BCUT2D eigenvalue weighted by molar-refractivity contribution is 0.235. The van der Waals surface area contributed by atoms with Crippen molar-refractivity contribution in [3.63, 3.8) is 0 Å². The van der Waals surface area contributed by atoms with Crippen molar-refractivity contribution in [3.8, 4) is 0 Å². The van der Waals surface area contributed by atoms with Crippen LogP contribution in [-0.4, -0.2) is 24.1 Å². The molecule has 1 fully saturated rings. The fraction of sp³-hybridized carbons (Fsp3) is 1.00. The summed E-state index contributed by atoms with van der Waals surface area (Å²) in [6, 6.07) is 1.13. The molecule has 1 aliphatic heterocycles. The molecule has 12 heavy (non-hydrogen) atoms. The van der Waals surface area contributed by atoms with Crippen LogP contribution in [-0.2, 0) is 0 Å². The second-order valence-corrected chi connectivity index (χ2v) is 3.90. The SMILES string of the molecule is CN1N=NC2CCCCCCC21. The van der Waals surface area contributed by atoms with E-state index in [9.17, 15) is 0 Å². The highest BCUT2D eigenvalue weighted by atomic mass is 15.6. The molecule has 2 unspecified atom stereocenters. The molecule has 1 saturated carbocycles. The Labute approximate surface area is 73.8 Å². The molecular weight excluding hydrogens is 150 g/mol. The van der Waals surface area contributed by atoms with Gasteiger partial charge in [-0.3, -0.25) is 5.01 Å². The van der Waals surface area contributed by atoms with Crippen molar-refractivity contribution >= 4 is 0 Å². The van der Waals surface area contributed by atoms with E-state index in [-0.39, 0.29) is 0 Å². The molecule has 0 aromatic rings. The molecule has 2 aliphatic rings. The van der Waals surface area contributed by atoms with Crippen LogP contribution in [0.15, 0.2) is 10.3 Å². The van der Waals surface area contributed by atoms with E-state index in [0.717, 1.165) is 0 Å². The van der Waals surface area contributed by atoms with Crippen molar-refractivity contribution in [2.45, 2.75) is 50.6 Å². The Balaban J connectivity index is 1.99. The lowest BCUT2D eigenvalue weighted by Gasteiger charge is -2.24. The van der Waals surface area contributed by atoms with Crippen molar-refractivity contribution in [3.05, 3.63) is 0 Å². The molecule has 0 radical (unpaired) electrons. The van der Waals surface area contributed by atoms with E-state index in [0.29, 0.717) is 12.1 Å². The third-order valence-corrected chi connectivity index (χ3v) is 3.01. The van der Waals surface area contributed by atoms with E-state index in [1.54, 1.807) is 0 Å². The van der Waals surface area contributed by atoms with Gasteiger partial charge in [-0.2, -0.15) is 5.11 Å². The molecule has 0 bridgehead atoms. The first kappa shape index (κ1) is 8.02. The van der Waals surface area contributed by atoms with Gasteiger partial charge < -0.3 is 0 Å². The van der Waals surface area contributed by atoms with Crippen LogP contribution in [0.25, 0.3) is 0 Å². The van der Waals surface area contributed by atoms with Gasteiger partial charge in [0.15, 0.2) is 0 Å². The lowest BCUT2D eigenvalue weighted by atomic mass is 9.93. The molecular formula is C9H17N3. The fourth-order valence-electron chi connectivity index (χ4n) is 2.23. The van der Waals surface area contributed by atoms with Gasteiger partial charge >= 0.3 is 0 Å². The normalized spacial score (nSPS) is 35.9. The van der Waals surface area contributed by atoms with Crippen molar-refractivity contribution in [2.24, 2.45) is 10.3 Å². The molecule has 1 heterocycles. The lowest BCUT2D eigenvalue weighted by Crippen LogP contribution is -2.32. The average Bonchev–Trinajstić information content (AvgIpc) is 2.31. The Morgan fingerprint density at radius 3 is 2.67 bits per heavy atom. The second kappa shape index (κ2) is 3.42. The predicted octanol–water partition coefficient (Wildman–Crippen LogP) is 2.39. The largest absolute Gasteiger partial charge is 0.277 e. The van der Waals surface area contributed by atoms with Crippen molar-refractivity contribution in [2.75, 3.05) is 7.05 Å². The first-order valence-corrected chi connectivity index (χ1v) is 5.01. The average molecular weight is 167 g/mol. The number of hydrogen-bond donors (Lipinski definition) is 0. The van der Waals surface area contributed by atoms with Gasteiger partial charge in [-0.05, 0) is 12.8 Å². The zero-order valence-electron chi connectivity index (χ0n) is 7.74. The zero-order chi connectivity index (χ0) is 8.39. The number of hydrogen-bond acceptors (Lipinski definition) is 3. The highest BCUT2D eigenvalue weighted by Gasteiger charge is 2.29. The van der Waals surface area contributed by atoms with Crippen LogP contribution >= 0.6 is 0 Å². The van der Waals surface area contributed by atoms with Gasteiger partial charge in [-0.25, -0.2) is 0 Å². The Hall–Kier alpha value is -0.600. The van der Waals surface area contributed by atoms with Crippen LogP contribution in [0.2, 0.25) is 0 Å². The van der Waals surface area contributed by atoms with Crippen LogP contribution in [0.3, 0.4) is 0 Å². The molecule has 1 aliphatic carbocycles.